The van der Waals surface area contributed by atoms with E-state index in [0.29, 0.717) is 11.4 Å². The number of nitrogens with two attached hydrogens (primary N) is 1. The van der Waals surface area contributed by atoms with E-state index in [1.54, 1.807) is 6.07 Å². The first kappa shape index (κ1) is 13.6. The number of non-ortho nitro benzene ring substituents is 1. The minimum atomic E-state index is -0.470. The second-order valence-corrected chi connectivity index (χ2v) is 5.15. The van der Waals surface area contributed by atoms with E-state index in [2.05, 4.69) is 5.32 Å². The number of nitro benzene ring substituents is 1. The fourth-order valence-corrected chi connectivity index (χ4v) is 2.61. The van der Waals surface area contributed by atoms with E-state index in [9.17, 15) is 15.2 Å². The van der Waals surface area contributed by atoms with Gasteiger partial charge in [0, 0.05) is 12.1 Å². The number of hydrogen-bond acceptors (Lipinski definition) is 5. The lowest BCUT2D eigenvalue weighted by molar-refractivity contribution is -0.384. The van der Waals surface area contributed by atoms with Crippen LogP contribution in [-0.4, -0.2) is 22.2 Å². The molecule has 4 N–H and O–H groups in total. The van der Waals surface area contributed by atoms with Gasteiger partial charge in [-0.25, -0.2) is 0 Å². The lowest BCUT2D eigenvalue weighted by Crippen LogP contribution is -2.44. The van der Waals surface area contributed by atoms with E-state index < -0.39 is 4.92 Å². The lowest BCUT2D eigenvalue weighted by atomic mass is 9.82. The summed E-state index contributed by atoms with van der Waals surface area (Å²) in [6.45, 7) is 0.0451. The van der Waals surface area contributed by atoms with Crippen LogP contribution in [-0.2, 0) is 0 Å². The van der Waals surface area contributed by atoms with Gasteiger partial charge in [-0.2, -0.15) is 0 Å². The van der Waals surface area contributed by atoms with Crippen molar-refractivity contribution in [1.29, 1.82) is 0 Å². The second-order valence-electron chi connectivity index (χ2n) is 5.15. The number of nitrogens with one attached hydrogen (secondary N) is 1. The highest BCUT2D eigenvalue weighted by Crippen LogP contribution is 2.34. The highest BCUT2D eigenvalue weighted by atomic mass is 16.6. The predicted octanol–water partition coefficient (Wildman–Crippen LogP) is 2.28. The first-order valence-electron chi connectivity index (χ1n) is 6.49. The number of aliphatic hydroxyl groups is 1. The molecule has 0 aromatic heterocycles. The second kappa shape index (κ2) is 5.44. The summed E-state index contributed by atoms with van der Waals surface area (Å²) < 4.78 is 0. The molecule has 0 radical (unpaired) electrons. The number of nitro groups is 1. The molecule has 0 unspecified atom stereocenters. The zero-order valence-corrected chi connectivity index (χ0v) is 10.8. The van der Waals surface area contributed by atoms with Crippen molar-refractivity contribution in [2.75, 3.05) is 17.7 Å². The van der Waals surface area contributed by atoms with Crippen LogP contribution in [0.25, 0.3) is 0 Å². The molecule has 0 bridgehead atoms. The Morgan fingerprint density at radius 1 is 1.37 bits per heavy atom. The molecule has 6 heteroatoms. The van der Waals surface area contributed by atoms with E-state index in [1.165, 1.54) is 18.6 Å². The Kier molecular flexibility index (Phi) is 3.90. The molecule has 0 amide bonds. The average molecular weight is 265 g/mol. The van der Waals surface area contributed by atoms with Gasteiger partial charge in [0.15, 0.2) is 0 Å². The van der Waals surface area contributed by atoms with Crippen molar-refractivity contribution >= 4 is 17.1 Å². The van der Waals surface area contributed by atoms with Crippen LogP contribution < -0.4 is 11.1 Å². The number of hydrogen-bond donors (Lipinski definition) is 3. The standard InChI is InChI=1S/C13H19N3O3/c14-11-8-10(16(18)19)4-5-12(11)15-13(9-17)6-2-1-3-7-13/h4-5,8,15,17H,1-3,6-7,9,14H2. The largest absolute Gasteiger partial charge is 0.397 e. The van der Waals surface area contributed by atoms with Gasteiger partial charge in [0.25, 0.3) is 5.69 Å². The highest BCUT2D eigenvalue weighted by Gasteiger charge is 2.31. The fourth-order valence-electron chi connectivity index (χ4n) is 2.61. The van der Waals surface area contributed by atoms with Crippen molar-refractivity contribution in [1.82, 2.24) is 0 Å². The third-order valence-electron chi connectivity index (χ3n) is 3.76. The Labute approximate surface area is 111 Å². The maximum Gasteiger partial charge on any atom is 0.271 e. The molecule has 0 spiro atoms. The third kappa shape index (κ3) is 2.96. The Hall–Kier alpha value is -1.82. The minimum absolute atomic E-state index is 0.0234. The minimum Gasteiger partial charge on any atom is -0.397 e. The van der Waals surface area contributed by atoms with E-state index in [4.69, 9.17) is 5.73 Å². The zero-order valence-electron chi connectivity index (χ0n) is 10.8. The molecule has 1 aromatic carbocycles. The van der Waals surface area contributed by atoms with Gasteiger partial charge in [-0.3, -0.25) is 10.1 Å². The third-order valence-corrected chi connectivity index (χ3v) is 3.76. The molecule has 1 aromatic rings. The molecular weight excluding hydrogens is 246 g/mol. The lowest BCUT2D eigenvalue weighted by Gasteiger charge is -2.37. The maximum absolute atomic E-state index is 10.7. The Morgan fingerprint density at radius 2 is 2.05 bits per heavy atom. The quantitative estimate of drug-likeness (QED) is 0.440. The molecule has 0 heterocycles. The van der Waals surface area contributed by atoms with Gasteiger partial charge in [0.05, 0.1) is 28.4 Å². The topological polar surface area (TPSA) is 101 Å². The monoisotopic (exact) mass is 265 g/mol. The van der Waals surface area contributed by atoms with Crippen LogP contribution in [0.3, 0.4) is 0 Å². The highest BCUT2D eigenvalue weighted by molar-refractivity contribution is 5.70. The van der Waals surface area contributed by atoms with Gasteiger partial charge >= 0.3 is 0 Å². The molecule has 1 saturated carbocycles. The van der Waals surface area contributed by atoms with E-state index in [-0.39, 0.29) is 17.8 Å². The van der Waals surface area contributed by atoms with Gasteiger partial charge < -0.3 is 16.2 Å². The molecule has 1 aliphatic rings. The molecule has 0 atom stereocenters. The first-order valence-corrected chi connectivity index (χ1v) is 6.49. The normalized spacial score (nSPS) is 17.9. The van der Waals surface area contributed by atoms with Gasteiger partial charge in [0.2, 0.25) is 0 Å². The zero-order chi connectivity index (χ0) is 13.9. The molecule has 0 saturated heterocycles. The van der Waals surface area contributed by atoms with Gasteiger partial charge in [0.1, 0.15) is 0 Å². The number of rotatable bonds is 4. The molecule has 6 nitrogen and oxygen atoms in total. The van der Waals surface area contributed by atoms with E-state index >= 15 is 0 Å². The van der Waals surface area contributed by atoms with Crippen molar-refractivity contribution < 1.29 is 10.0 Å². The summed E-state index contributed by atoms with van der Waals surface area (Å²) in [4.78, 5) is 10.2. The number of nitrogen functional groups attached to an aromatic ring is 1. The first-order chi connectivity index (χ1) is 9.06. The molecule has 1 aliphatic carbocycles. The smallest absolute Gasteiger partial charge is 0.271 e. The van der Waals surface area contributed by atoms with Crippen LogP contribution in [0.5, 0.6) is 0 Å². The summed E-state index contributed by atoms with van der Waals surface area (Å²) in [7, 11) is 0. The van der Waals surface area contributed by atoms with Crippen LogP contribution >= 0.6 is 0 Å². The van der Waals surface area contributed by atoms with Crippen molar-refractivity contribution in [3.05, 3.63) is 28.3 Å². The predicted molar refractivity (Wildman–Crippen MR) is 74.0 cm³/mol. The molecule has 0 aliphatic heterocycles. The molecular formula is C13H19N3O3. The number of aliphatic hydroxyl groups excluding tert-OH is 1. The molecule has 19 heavy (non-hydrogen) atoms. The Morgan fingerprint density at radius 3 is 2.58 bits per heavy atom. The summed E-state index contributed by atoms with van der Waals surface area (Å²) in [5.41, 5.74) is 6.47. The van der Waals surface area contributed by atoms with Crippen LogP contribution in [0.1, 0.15) is 32.1 Å². The van der Waals surface area contributed by atoms with Gasteiger partial charge in [-0.1, -0.05) is 19.3 Å². The molecule has 1 fully saturated rings. The summed E-state index contributed by atoms with van der Waals surface area (Å²) in [6, 6.07) is 4.38. The SMILES string of the molecule is Nc1cc([N+](=O)[O-])ccc1NC1(CO)CCCCC1. The summed E-state index contributed by atoms with van der Waals surface area (Å²) >= 11 is 0. The van der Waals surface area contributed by atoms with Crippen molar-refractivity contribution in [3.63, 3.8) is 0 Å². The van der Waals surface area contributed by atoms with Gasteiger partial charge in [-0.15, -0.1) is 0 Å². The van der Waals surface area contributed by atoms with Crippen LogP contribution in [0.15, 0.2) is 18.2 Å². The summed E-state index contributed by atoms with van der Waals surface area (Å²) in [5.74, 6) is 0. The summed E-state index contributed by atoms with van der Waals surface area (Å²) in [5, 5.41) is 23.6. The Balaban J connectivity index is 2.20. The van der Waals surface area contributed by atoms with Crippen LogP contribution in [0, 0.1) is 10.1 Å². The fraction of sp³-hybridized carbons (Fsp3) is 0.538. The van der Waals surface area contributed by atoms with E-state index in [0.717, 1.165) is 25.7 Å². The summed E-state index contributed by atoms with van der Waals surface area (Å²) in [6.07, 6.45) is 5.10. The number of nitrogens with zero attached hydrogens (tertiary/aromatic N) is 1. The maximum atomic E-state index is 10.7. The van der Waals surface area contributed by atoms with Crippen molar-refractivity contribution in [2.45, 2.75) is 37.6 Å². The van der Waals surface area contributed by atoms with Crippen molar-refractivity contribution in [2.24, 2.45) is 0 Å². The van der Waals surface area contributed by atoms with E-state index in [1.807, 2.05) is 0 Å². The number of benzene rings is 1. The Bertz CT molecular complexity index is 470. The van der Waals surface area contributed by atoms with Gasteiger partial charge in [-0.05, 0) is 18.9 Å². The molecule has 104 valence electrons. The van der Waals surface area contributed by atoms with Crippen LogP contribution in [0.2, 0.25) is 0 Å². The molecule has 2 rings (SSSR count). The number of anilines is 2. The van der Waals surface area contributed by atoms with Crippen molar-refractivity contribution in [3.8, 4) is 0 Å². The average Bonchev–Trinajstić information content (AvgIpc) is 2.42. The van der Waals surface area contributed by atoms with Crippen LogP contribution in [0.4, 0.5) is 17.1 Å².